The molecule has 1 unspecified atom stereocenters. The van der Waals surface area contributed by atoms with Crippen LogP contribution in [-0.2, 0) is 36.7 Å². The Morgan fingerprint density at radius 1 is 0.907 bits per heavy atom. The summed E-state index contributed by atoms with van der Waals surface area (Å²) in [6, 6.07) is 0. The van der Waals surface area contributed by atoms with Crippen LogP contribution in [0.3, 0.4) is 0 Å². The average Bonchev–Trinajstić information content (AvgIpc) is 3.73. The van der Waals surface area contributed by atoms with E-state index in [9.17, 15) is 9.13 Å². The van der Waals surface area contributed by atoms with E-state index in [2.05, 4.69) is 29.9 Å². The first-order valence-corrected chi connectivity index (χ1v) is 16.2. The molecule has 3 fully saturated rings. The number of hydrogen-bond acceptors (Lipinski definition) is 16. The van der Waals surface area contributed by atoms with Gasteiger partial charge in [-0.25, -0.2) is 34.3 Å². The van der Waals surface area contributed by atoms with Gasteiger partial charge in [0.2, 0.25) is 0 Å². The van der Waals surface area contributed by atoms with Crippen LogP contribution in [-0.4, -0.2) is 89.5 Å². The van der Waals surface area contributed by atoms with Crippen molar-refractivity contribution in [3.05, 3.63) is 25.3 Å². The van der Waals surface area contributed by atoms with Crippen molar-refractivity contribution in [3.8, 4) is 0 Å². The maximum Gasteiger partial charge on any atom is 0.697 e. The second-order valence-electron chi connectivity index (χ2n) is 10.3. The zero-order valence-electron chi connectivity index (χ0n) is 22.6. The average molecular weight is 639 g/mol. The van der Waals surface area contributed by atoms with Gasteiger partial charge in [0, 0.05) is 17.1 Å². The molecule has 7 heterocycles. The first-order chi connectivity index (χ1) is 20.6. The second-order valence-corrected chi connectivity index (χ2v) is 13.3. The van der Waals surface area contributed by atoms with Crippen LogP contribution >= 0.6 is 15.9 Å². The summed E-state index contributed by atoms with van der Waals surface area (Å²) in [6.07, 6.45) is -2.89. The van der Waals surface area contributed by atoms with Gasteiger partial charge in [-0.2, -0.15) is 0 Å². The highest BCUT2D eigenvalue weighted by atomic mass is 31.2. The highest BCUT2D eigenvalue weighted by Gasteiger charge is 2.55. The van der Waals surface area contributed by atoms with Crippen LogP contribution in [0.1, 0.15) is 19.4 Å². The molecule has 4 N–H and O–H groups in total. The minimum Gasteiger partial charge on any atom is -0.382 e. The first-order valence-electron chi connectivity index (χ1n) is 13.1. The largest absolute Gasteiger partial charge is 0.697 e. The lowest BCUT2D eigenvalue weighted by Gasteiger charge is -2.26. The summed E-state index contributed by atoms with van der Waals surface area (Å²) in [6.45, 7) is 2.39. The van der Waals surface area contributed by atoms with E-state index < -0.39 is 71.4 Å². The number of alkyl halides is 1. The minimum atomic E-state index is -3.81. The van der Waals surface area contributed by atoms with Gasteiger partial charge in [-0.05, 0) is 0 Å². The number of nitrogens with zero attached hydrogens (tertiary/aromatic N) is 8. The van der Waals surface area contributed by atoms with Crippen molar-refractivity contribution in [2.75, 3.05) is 31.3 Å². The van der Waals surface area contributed by atoms with Crippen molar-refractivity contribution in [2.24, 2.45) is 5.92 Å². The quantitative estimate of drug-likeness (QED) is 0.298. The molecule has 0 aromatic carbocycles. The third-order valence-corrected chi connectivity index (χ3v) is 9.60. The standard InChI is InChI=1S/C22H26FN10O8P2/c1-9-15-10(38-21(9)32-7-30-13-17(24)26-5-28-19(13)32)3-36-42(34)40-16-11(4-37-43(2,35)41-15)39-22(12(16)23)33-8-31-14-18(25)27-6-29-20(14)33/h5-12,15-16,21-22H,3-4H2,1-2H3,(H2,24,26,28)(H2,25,27,29)/q+1/t9-,10-,11-,12-,15+,16-,21-,22-,43+/m1/s1. The first kappa shape index (κ1) is 28.5. The molecule has 4 aromatic heterocycles. The van der Waals surface area contributed by atoms with Crippen molar-refractivity contribution < 1.29 is 41.1 Å². The summed E-state index contributed by atoms with van der Waals surface area (Å²) in [5.41, 5.74) is 13.1. The predicted molar refractivity (Wildman–Crippen MR) is 144 cm³/mol. The molecule has 3 aliphatic rings. The van der Waals surface area contributed by atoms with Crippen molar-refractivity contribution in [1.29, 1.82) is 0 Å². The topological polar surface area (TPSA) is 229 Å². The van der Waals surface area contributed by atoms with E-state index in [4.69, 9.17) is 39.0 Å². The molecule has 0 spiro atoms. The lowest BCUT2D eigenvalue weighted by atomic mass is 10.0. The van der Waals surface area contributed by atoms with Crippen molar-refractivity contribution in [1.82, 2.24) is 39.0 Å². The molecule has 43 heavy (non-hydrogen) atoms. The van der Waals surface area contributed by atoms with Gasteiger partial charge in [-0.1, -0.05) is 6.92 Å². The number of aromatic nitrogens is 8. The van der Waals surface area contributed by atoms with Gasteiger partial charge < -0.3 is 30.0 Å². The zero-order chi connectivity index (χ0) is 30.0. The van der Waals surface area contributed by atoms with Crippen LogP contribution in [0.2, 0.25) is 0 Å². The molecule has 3 saturated heterocycles. The van der Waals surface area contributed by atoms with Crippen LogP contribution in [0, 0.1) is 5.92 Å². The second kappa shape index (κ2) is 10.7. The van der Waals surface area contributed by atoms with Crippen molar-refractivity contribution in [3.63, 3.8) is 0 Å². The van der Waals surface area contributed by atoms with Gasteiger partial charge >= 0.3 is 15.9 Å². The fourth-order valence-corrected chi connectivity index (χ4v) is 7.54. The van der Waals surface area contributed by atoms with Gasteiger partial charge in [-0.3, -0.25) is 13.7 Å². The number of fused-ring (bicyclic) bond motifs is 4. The summed E-state index contributed by atoms with van der Waals surface area (Å²) < 4.78 is 80.2. The number of ether oxygens (including phenoxy) is 2. The van der Waals surface area contributed by atoms with E-state index in [0.717, 1.165) is 0 Å². The van der Waals surface area contributed by atoms with Gasteiger partial charge in [0.05, 0.1) is 19.3 Å². The van der Waals surface area contributed by atoms with Gasteiger partial charge in [-0.15, -0.1) is 9.05 Å². The Hall–Kier alpha value is -3.28. The zero-order valence-corrected chi connectivity index (χ0v) is 24.4. The van der Waals surface area contributed by atoms with Gasteiger partial charge in [0.15, 0.2) is 41.4 Å². The molecule has 0 aliphatic carbocycles. The molecule has 0 radical (unpaired) electrons. The van der Waals surface area contributed by atoms with E-state index in [0.29, 0.717) is 11.2 Å². The molecular formula is C22H26FN10O8P2+. The highest BCUT2D eigenvalue weighted by Crippen LogP contribution is 2.52. The number of nitrogen functional groups attached to an aromatic ring is 2. The predicted octanol–water partition coefficient (Wildman–Crippen LogP) is 1.90. The number of rotatable bonds is 2. The fraction of sp³-hybridized carbons (Fsp3) is 0.545. The van der Waals surface area contributed by atoms with E-state index in [1.165, 1.54) is 36.5 Å². The lowest BCUT2D eigenvalue weighted by molar-refractivity contribution is -0.0548. The van der Waals surface area contributed by atoms with Crippen LogP contribution in [0.4, 0.5) is 16.0 Å². The Kier molecular flexibility index (Phi) is 7.10. The van der Waals surface area contributed by atoms with E-state index in [-0.39, 0.29) is 29.4 Å². The molecule has 0 bridgehead atoms. The molecule has 10 atom stereocenters. The van der Waals surface area contributed by atoms with E-state index in [1.807, 2.05) is 6.92 Å². The summed E-state index contributed by atoms with van der Waals surface area (Å²) in [4.78, 5) is 24.6. The van der Waals surface area contributed by atoms with Gasteiger partial charge in [0.1, 0.15) is 54.8 Å². The SMILES string of the molecule is C[C@@H]1[C@@H]2O[P@@](C)(=O)OC[C@H]3O[C@@H](n4cnc5c(N)ncnc54)[C@H](F)[C@@H]3O[P+](=O)OC[C@H]2O[C@H]1n1cnc2c(N)ncnc21. The van der Waals surface area contributed by atoms with Crippen molar-refractivity contribution >= 4 is 49.8 Å². The van der Waals surface area contributed by atoms with Gasteiger partial charge in [0.25, 0.3) is 0 Å². The maximum atomic E-state index is 15.9. The number of halogens is 1. The van der Waals surface area contributed by atoms with E-state index >= 15 is 4.39 Å². The Morgan fingerprint density at radius 2 is 1.49 bits per heavy atom. The Bertz CT molecular complexity index is 1760. The summed E-state index contributed by atoms with van der Waals surface area (Å²) >= 11 is 0. The number of anilines is 2. The lowest BCUT2D eigenvalue weighted by Crippen LogP contribution is -2.35. The van der Waals surface area contributed by atoms with Crippen molar-refractivity contribution in [2.45, 2.75) is 50.0 Å². The monoisotopic (exact) mass is 639 g/mol. The van der Waals surface area contributed by atoms with Crippen LogP contribution in [0.15, 0.2) is 25.3 Å². The molecule has 4 aromatic rings. The summed E-state index contributed by atoms with van der Waals surface area (Å²) in [5, 5.41) is 0. The number of imidazole rings is 2. The molecule has 3 aliphatic heterocycles. The summed E-state index contributed by atoms with van der Waals surface area (Å²) in [7, 11) is -6.68. The normalized spacial score (nSPS) is 36.3. The molecule has 7 rings (SSSR count). The summed E-state index contributed by atoms with van der Waals surface area (Å²) in [5.74, 6) is -0.146. The Balaban J connectivity index is 1.14. The molecule has 0 amide bonds. The van der Waals surface area contributed by atoms with Crippen LogP contribution in [0.25, 0.3) is 22.3 Å². The molecule has 228 valence electrons. The third-order valence-electron chi connectivity index (χ3n) is 7.58. The highest BCUT2D eigenvalue weighted by molar-refractivity contribution is 7.53. The van der Waals surface area contributed by atoms with Crippen LogP contribution in [0.5, 0.6) is 0 Å². The number of nitrogens with two attached hydrogens (primary N) is 2. The molecular weight excluding hydrogens is 613 g/mol. The Morgan fingerprint density at radius 3 is 2.14 bits per heavy atom. The van der Waals surface area contributed by atoms with E-state index in [1.54, 1.807) is 4.57 Å². The molecule has 21 heteroatoms. The fourth-order valence-electron chi connectivity index (χ4n) is 5.51. The third kappa shape index (κ3) is 4.95. The Labute approximate surface area is 242 Å². The molecule has 18 nitrogen and oxygen atoms in total. The maximum absolute atomic E-state index is 15.9. The minimum absolute atomic E-state index is 0.103. The molecule has 0 saturated carbocycles. The number of hydrogen-bond donors (Lipinski definition) is 2. The van der Waals surface area contributed by atoms with Crippen LogP contribution < -0.4 is 11.5 Å². The smallest absolute Gasteiger partial charge is 0.382 e.